The third-order valence-corrected chi connectivity index (χ3v) is 4.89. The zero-order chi connectivity index (χ0) is 15.5. The van der Waals surface area contributed by atoms with Crippen LogP contribution in [-0.2, 0) is 17.8 Å². The summed E-state index contributed by atoms with van der Waals surface area (Å²) >= 11 is 3.56. The van der Waals surface area contributed by atoms with Crippen LogP contribution in [0.2, 0.25) is 0 Å². The van der Waals surface area contributed by atoms with Gasteiger partial charge in [-0.3, -0.25) is 4.90 Å². The molecule has 4 heteroatoms. The number of carbonyl (C=O) groups excluding carboxylic acids is 1. The van der Waals surface area contributed by atoms with E-state index in [1.807, 2.05) is 42.5 Å². The predicted molar refractivity (Wildman–Crippen MR) is 91.2 cm³/mol. The number of ether oxygens (including phenoxy) is 1. The fraction of sp³-hybridized carbons (Fsp3) is 0.278. The third-order valence-electron chi connectivity index (χ3n) is 4.03. The summed E-state index contributed by atoms with van der Waals surface area (Å²) in [5, 5.41) is 0. The summed E-state index contributed by atoms with van der Waals surface area (Å²) in [6.07, 6.45) is 1.69. The van der Waals surface area contributed by atoms with Crippen LogP contribution in [0.15, 0.2) is 46.9 Å². The van der Waals surface area contributed by atoms with Crippen LogP contribution in [0.1, 0.15) is 23.1 Å². The second kappa shape index (κ2) is 6.53. The van der Waals surface area contributed by atoms with E-state index in [2.05, 4.69) is 22.9 Å². The standard InChI is InChI=1S/C18H18BrNO2/c1-13-15-8-5-11-20(17(15)10-9-16(13)19)18(21)22-12-14-6-3-2-4-7-14/h2-4,6-7,9-10H,5,8,11-12H2,1H3. The highest BCUT2D eigenvalue weighted by molar-refractivity contribution is 9.10. The van der Waals surface area contributed by atoms with Crippen molar-refractivity contribution in [2.24, 2.45) is 0 Å². The maximum Gasteiger partial charge on any atom is 0.414 e. The van der Waals surface area contributed by atoms with Crippen LogP contribution < -0.4 is 4.90 Å². The van der Waals surface area contributed by atoms with Gasteiger partial charge in [0.05, 0.1) is 5.69 Å². The van der Waals surface area contributed by atoms with Crippen molar-refractivity contribution in [2.75, 3.05) is 11.4 Å². The van der Waals surface area contributed by atoms with Crippen LogP contribution in [0.3, 0.4) is 0 Å². The number of carbonyl (C=O) groups is 1. The summed E-state index contributed by atoms with van der Waals surface area (Å²) < 4.78 is 6.56. The largest absolute Gasteiger partial charge is 0.444 e. The number of hydrogen-bond donors (Lipinski definition) is 0. The van der Waals surface area contributed by atoms with Crippen LogP contribution in [0, 0.1) is 6.92 Å². The summed E-state index contributed by atoms with van der Waals surface area (Å²) in [5.41, 5.74) is 4.42. The molecule has 0 N–H and O–H groups in total. The number of anilines is 1. The van der Waals surface area contributed by atoms with E-state index in [-0.39, 0.29) is 6.09 Å². The molecule has 0 aromatic heterocycles. The van der Waals surface area contributed by atoms with Gasteiger partial charge in [0.25, 0.3) is 0 Å². The normalized spacial score (nSPS) is 13.6. The first-order valence-corrected chi connectivity index (χ1v) is 8.22. The fourth-order valence-electron chi connectivity index (χ4n) is 2.80. The second-order valence-corrected chi connectivity index (χ2v) is 6.32. The zero-order valence-corrected chi connectivity index (χ0v) is 14.1. The first kappa shape index (κ1) is 15.1. The van der Waals surface area contributed by atoms with E-state index >= 15 is 0 Å². The van der Waals surface area contributed by atoms with Gasteiger partial charge in [-0.25, -0.2) is 4.79 Å². The Kier molecular flexibility index (Phi) is 4.48. The van der Waals surface area contributed by atoms with Gasteiger partial charge in [-0.05, 0) is 48.6 Å². The Labute approximate surface area is 139 Å². The maximum atomic E-state index is 12.4. The third kappa shape index (κ3) is 3.02. The summed E-state index contributed by atoms with van der Waals surface area (Å²) in [4.78, 5) is 14.2. The van der Waals surface area contributed by atoms with Crippen molar-refractivity contribution in [1.29, 1.82) is 0 Å². The number of hydrogen-bond acceptors (Lipinski definition) is 2. The van der Waals surface area contributed by atoms with Gasteiger partial charge < -0.3 is 4.74 Å². The number of nitrogens with zero attached hydrogens (tertiary/aromatic N) is 1. The monoisotopic (exact) mass is 359 g/mol. The fourth-order valence-corrected chi connectivity index (χ4v) is 3.18. The van der Waals surface area contributed by atoms with Gasteiger partial charge in [-0.1, -0.05) is 46.3 Å². The van der Waals surface area contributed by atoms with Crippen molar-refractivity contribution < 1.29 is 9.53 Å². The molecule has 0 saturated heterocycles. The van der Waals surface area contributed by atoms with Crippen molar-refractivity contribution in [3.63, 3.8) is 0 Å². The van der Waals surface area contributed by atoms with Gasteiger partial charge >= 0.3 is 6.09 Å². The average Bonchev–Trinajstić information content (AvgIpc) is 2.56. The summed E-state index contributed by atoms with van der Waals surface area (Å²) in [6, 6.07) is 13.7. The van der Waals surface area contributed by atoms with Crippen LogP contribution in [-0.4, -0.2) is 12.6 Å². The summed E-state index contributed by atoms with van der Waals surface area (Å²) in [7, 11) is 0. The van der Waals surface area contributed by atoms with Crippen LogP contribution >= 0.6 is 15.9 Å². The highest BCUT2D eigenvalue weighted by atomic mass is 79.9. The minimum Gasteiger partial charge on any atom is -0.444 e. The first-order chi connectivity index (χ1) is 10.7. The van der Waals surface area contributed by atoms with Gasteiger partial charge in [0.1, 0.15) is 6.61 Å². The van der Waals surface area contributed by atoms with Crippen molar-refractivity contribution in [3.05, 3.63) is 63.6 Å². The molecular weight excluding hydrogens is 342 g/mol. The highest BCUT2D eigenvalue weighted by Gasteiger charge is 2.25. The molecule has 1 amide bonds. The molecule has 3 nitrogen and oxygen atoms in total. The SMILES string of the molecule is Cc1c(Br)ccc2c1CCCN2C(=O)OCc1ccccc1. The molecule has 1 aliphatic rings. The van der Waals surface area contributed by atoms with Gasteiger partial charge in [0.15, 0.2) is 0 Å². The highest BCUT2D eigenvalue weighted by Crippen LogP contribution is 2.34. The minimum atomic E-state index is -0.272. The summed E-state index contributed by atoms with van der Waals surface area (Å²) in [5.74, 6) is 0. The van der Waals surface area contributed by atoms with E-state index < -0.39 is 0 Å². The first-order valence-electron chi connectivity index (χ1n) is 7.43. The van der Waals surface area contributed by atoms with Crippen molar-refractivity contribution in [2.45, 2.75) is 26.4 Å². The van der Waals surface area contributed by atoms with Gasteiger partial charge in [-0.2, -0.15) is 0 Å². The minimum absolute atomic E-state index is 0.272. The molecule has 0 fully saturated rings. The van der Waals surface area contributed by atoms with Crippen LogP contribution in [0.4, 0.5) is 10.5 Å². The number of amides is 1. The molecule has 3 rings (SSSR count). The maximum absolute atomic E-state index is 12.4. The molecule has 0 bridgehead atoms. The van der Waals surface area contributed by atoms with Gasteiger partial charge in [0.2, 0.25) is 0 Å². The quantitative estimate of drug-likeness (QED) is 0.767. The molecule has 0 saturated carbocycles. The van der Waals surface area contributed by atoms with Crippen LogP contribution in [0.25, 0.3) is 0 Å². The van der Waals surface area contributed by atoms with E-state index in [1.165, 1.54) is 11.1 Å². The molecule has 0 spiro atoms. The lowest BCUT2D eigenvalue weighted by Crippen LogP contribution is -2.36. The number of benzene rings is 2. The molecule has 114 valence electrons. The van der Waals surface area contributed by atoms with E-state index in [9.17, 15) is 4.79 Å². The molecule has 2 aromatic rings. The number of rotatable bonds is 2. The lowest BCUT2D eigenvalue weighted by molar-refractivity contribution is 0.146. The van der Waals surface area contributed by atoms with Crippen molar-refractivity contribution in [3.8, 4) is 0 Å². The van der Waals surface area contributed by atoms with E-state index in [0.29, 0.717) is 13.2 Å². The Morgan fingerprint density at radius 1 is 1.23 bits per heavy atom. The number of fused-ring (bicyclic) bond motifs is 1. The topological polar surface area (TPSA) is 29.5 Å². The van der Waals surface area contributed by atoms with E-state index in [0.717, 1.165) is 28.6 Å². The molecular formula is C18H18BrNO2. The zero-order valence-electron chi connectivity index (χ0n) is 12.5. The van der Waals surface area contributed by atoms with E-state index in [1.54, 1.807) is 4.90 Å². The molecule has 0 unspecified atom stereocenters. The Balaban J connectivity index is 1.76. The van der Waals surface area contributed by atoms with Gasteiger partial charge in [0, 0.05) is 11.0 Å². The summed E-state index contributed by atoms with van der Waals surface area (Å²) in [6.45, 7) is 3.10. The van der Waals surface area contributed by atoms with E-state index in [4.69, 9.17) is 4.74 Å². The molecule has 1 aliphatic heterocycles. The molecule has 0 atom stereocenters. The Hall–Kier alpha value is -1.81. The lowest BCUT2D eigenvalue weighted by Gasteiger charge is -2.30. The predicted octanol–water partition coefficient (Wildman–Crippen LogP) is 4.85. The van der Waals surface area contributed by atoms with Crippen LogP contribution in [0.5, 0.6) is 0 Å². The van der Waals surface area contributed by atoms with Crippen molar-refractivity contribution in [1.82, 2.24) is 0 Å². The Morgan fingerprint density at radius 3 is 2.77 bits per heavy atom. The molecule has 0 radical (unpaired) electrons. The smallest absolute Gasteiger partial charge is 0.414 e. The molecule has 1 heterocycles. The molecule has 0 aliphatic carbocycles. The molecule has 22 heavy (non-hydrogen) atoms. The van der Waals surface area contributed by atoms with Crippen molar-refractivity contribution >= 4 is 27.7 Å². The Morgan fingerprint density at radius 2 is 2.00 bits per heavy atom. The lowest BCUT2D eigenvalue weighted by atomic mass is 9.97. The average molecular weight is 360 g/mol. The number of halogens is 1. The Bertz CT molecular complexity index is 685. The van der Waals surface area contributed by atoms with Gasteiger partial charge in [-0.15, -0.1) is 0 Å². The molecule has 2 aromatic carbocycles. The second-order valence-electron chi connectivity index (χ2n) is 5.47.